The minimum absolute atomic E-state index is 0.0240. The smallest absolute Gasteiger partial charge is 0.258 e. The van der Waals surface area contributed by atoms with E-state index in [0.717, 1.165) is 0 Å². The van der Waals surface area contributed by atoms with Gasteiger partial charge in [-0.15, -0.1) is 0 Å². The quantitative estimate of drug-likeness (QED) is 0.423. The van der Waals surface area contributed by atoms with Gasteiger partial charge < -0.3 is 21.5 Å². The summed E-state index contributed by atoms with van der Waals surface area (Å²) in [4.78, 5) is 23.5. The number of carbonyl (C=O) groups excluding carboxylic acids is 2. The Labute approximate surface area is 159 Å². The standard InChI is InChI=1S/C18H18ClFN4O3/c1-9(17(23)25)27-14-7-10(16(21)22)5-6-11(14)8-24-18(26)12-3-2-4-13(19)15(12)20/h2-7,9H,8H2,1H3,(H3,21,22)(H2,23,25)(H,24,26). The van der Waals surface area contributed by atoms with Crippen LogP contribution in [0.25, 0.3) is 0 Å². The number of carbonyl (C=O) groups is 2. The molecular formula is C18H18ClFN4O3. The molecule has 0 saturated heterocycles. The van der Waals surface area contributed by atoms with Crippen LogP contribution in [0.15, 0.2) is 36.4 Å². The van der Waals surface area contributed by atoms with Crippen LogP contribution in [0.1, 0.15) is 28.4 Å². The highest BCUT2D eigenvalue weighted by Crippen LogP contribution is 2.23. The van der Waals surface area contributed by atoms with E-state index in [2.05, 4.69) is 5.32 Å². The second kappa shape index (κ2) is 8.50. The zero-order valence-corrected chi connectivity index (χ0v) is 15.1. The Bertz CT molecular complexity index is 904. The molecule has 1 atom stereocenters. The average molecular weight is 393 g/mol. The summed E-state index contributed by atoms with van der Waals surface area (Å²) in [5.74, 6) is -2.13. The molecule has 2 aromatic carbocycles. The van der Waals surface area contributed by atoms with Gasteiger partial charge in [0.2, 0.25) is 0 Å². The molecule has 0 saturated carbocycles. The monoisotopic (exact) mass is 392 g/mol. The fraction of sp³-hybridized carbons (Fsp3) is 0.167. The van der Waals surface area contributed by atoms with Gasteiger partial charge in [0, 0.05) is 17.7 Å². The molecule has 27 heavy (non-hydrogen) atoms. The Kier molecular flexibility index (Phi) is 6.36. The topological polar surface area (TPSA) is 131 Å². The van der Waals surface area contributed by atoms with E-state index in [9.17, 15) is 14.0 Å². The first kappa shape index (κ1) is 20.2. The number of nitrogens with one attached hydrogen (secondary N) is 2. The number of primary amides is 1. The Balaban J connectivity index is 2.24. The molecule has 0 bridgehead atoms. The number of amides is 2. The number of halogens is 2. The summed E-state index contributed by atoms with van der Waals surface area (Å²) in [5, 5.41) is 9.90. The van der Waals surface area contributed by atoms with Crippen LogP contribution in [-0.2, 0) is 11.3 Å². The summed E-state index contributed by atoms with van der Waals surface area (Å²) in [6.45, 7) is 1.44. The third kappa shape index (κ3) is 4.95. The summed E-state index contributed by atoms with van der Waals surface area (Å²) in [6.07, 6.45) is -0.938. The van der Waals surface area contributed by atoms with Crippen molar-refractivity contribution in [3.63, 3.8) is 0 Å². The zero-order chi connectivity index (χ0) is 20.1. The fourth-order valence-electron chi connectivity index (χ4n) is 2.18. The lowest BCUT2D eigenvalue weighted by Gasteiger charge is -2.17. The maximum atomic E-state index is 14.0. The lowest BCUT2D eigenvalue weighted by Crippen LogP contribution is -2.31. The molecule has 0 spiro atoms. The summed E-state index contributed by atoms with van der Waals surface area (Å²) in [6, 6.07) is 8.71. The highest BCUT2D eigenvalue weighted by atomic mass is 35.5. The number of nitrogen functional groups attached to an aromatic ring is 1. The Morgan fingerprint density at radius 2 is 2.00 bits per heavy atom. The molecule has 142 valence electrons. The predicted octanol–water partition coefficient (Wildman–Crippen LogP) is 1.95. The number of nitrogens with two attached hydrogens (primary N) is 2. The van der Waals surface area contributed by atoms with Gasteiger partial charge in [-0.1, -0.05) is 29.8 Å². The van der Waals surface area contributed by atoms with Crippen molar-refractivity contribution >= 4 is 29.3 Å². The van der Waals surface area contributed by atoms with Crippen molar-refractivity contribution in [2.45, 2.75) is 19.6 Å². The molecule has 9 heteroatoms. The summed E-state index contributed by atoms with van der Waals surface area (Å²) in [5.41, 5.74) is 11.3. The SMILES string of the molecule is CC(Oc1cc(C(=N)N)ccc1CNC(=O)c1cccc(Cl)c1F)C(N)=O. The van der Waals surface area contributed by atoms with Gasteiger partial charge in [-0.05, 0) is 25.1 Å². The second-order valence-electron chi connectivity index (χ2n) is 5.68. The van der Waals surface area contributed by atoms with E-state index in [1.54, 1.807) is 12.1 Å². The van der Waals surface area contributed by atoms with Crippen molar-refractivity contribution < 1.29 is 18.7 Å². The number of hydrogen-bond acceptors (Lipinski definition) is 4. The van der Waals surface area contributed by atoms with Gasteiger partial charge in [-0.3, -0.25) is 15.0 Å². The first-order valence-electron chi connectivity index (χ1n) is 7.86. The summed E-state index contributed by atoms with van der Waals surface area (Å²) in [7, 11) is 0. The van der Waals surface area contributed by atoms with Crippen molar-refractivity contribution in [2.75, 3.05) is 0 Å². The largest absolute Gasteiger partial charge is 0.481 e. The van der Waals surface area contributed by atoms with E-state index in [1.807, 2.05) is 0 Å². The van der Waals surface area contributed by atoms with Gasteiger partial charge in [-0.2, -0.15) is 0 Å². The van der Waals surface area contributed by atoms with Crippen LogP contribution in [0.3, 0.4) is 0 Å². The molecule has 0 aromatic heterocycles. The Hall–Kier alpha value is -3.13. The fourth-order valence-corrected chi connectivity index (χ4v) is 2.35. The van der Waals surface area contributed by atoms with Crippen molar-refractivity contribution in [3.05, 3.63) is 63.9 Å². The third-order valence-electron chi connectivity index (χ3n) is 3.72. The third-order valence-corrected chi connectivity index (χ3v) is 4.01. The molecule has 6 N–H and O–H groups in total. The minimum Gasteiger partial charge on any atom is -0.481 e. The molecule has 0 aliphatic rings. The van der Waals surface area contributed by atoms with Crippen LogP contribution in [0.4, 0.5) is 4.39 Å². The van der Waals surface area contributed by atoms with Crippen LogP contribution in [0.5, 0.6) is 5.75 Å². The van der Waals surface area contributed by atoms with Crippen LogP contribution in [0.2, 0.25) is 5.02 Å². The summed E-state index contributed by atoms with van der Waals surface area (Å²) < 4.78 is 19.5. The number of hydrogen-bond donors (Lipinski definition) is 4. The molecule has 7 nitrogen and oxygen atoms in total. The molecule has 0 aliphatic carbocycles. The highest BCUT2D eigenvalue weighted by Gasteiger charge is 2.17. The molecule has 1 unspecified atom stereocenters. The van der Waals surface area contributed by atoms with E-state index in [-0.39, 0.29) is 28.7 Å². The molecule has 0 heterocycles. The molecule has 0 fully saturated rings. The van der Waals surface area contributed by atoms with Crippen LogP contribution < -0.4 is 21.5 Å². The molecule has 2 rings (SSSR count). The van der Waals surface area contributed by atoms with E-state index in [4.69, 9.17) is 33.2 Å². The first-order chi connectivity index (χ1) is 12.7. The molecular weight excluding hydrogens is 375 g/mol. The van der Waals surface area contributed by atoms with E-state index in [0.29, 0.717) is 11.1 Å². The maximum Gasteiger partial charge on any atom is 0.258 e. The number of amidine groups is 1. The van der Waals surface area contributed by atoms with Crippen LogP contribution in [0, 0.1) is 11.2 Å². The zero-order valence-electron chi connectivity index (χ0n) is 14.4. The lowest BCUT2D eigenvalue weighted by molar-refractivity contribution is -0.124. The van der Waals surface area contributed by atoms with E-state index >= 15 is 0 Å². The van der Waals surface area contributed by atoms with Crippen molar-refractivity contribution in [1.82, 2.24) is 5.32 Å². The van der Waals surface area contributed by atoms with Gasteiger partial charge in [0.25, 0.3) is 11.8 Å². The molecule has 0 radical (unpaired) electrons. The predicted molar refractivity (Wildman–Crippen MR) is 99.3 cm³/mol. The lowest BCUT2D eigenvalue weighted by atomic mass is 10.1. The van der Waals surface area contributed by atoms with Crippen LogP contribution in [-0.4, -0.2) is 23.8 Å². The van der Waals surface area contributed by atoms with Gasteiger partial charge in [0.15, 0.2) is 11.9 Å². The molecule has 0 aliphatic heterocycles. The Morgan fingerprint density at radius 3 is 2.63 bits per heavy atom. The van der Waals surface area contributed by atoms with E-state index in [1.165, 1.54) is 31.2 Å². The van der Waals surface area contributed by atoms with Gasteiger partial charge in [0.05, 0.1) is 10.6 Å². The van der Waals surface area contributed by atoms with Crippen LogP contribution >= 0.6 is 11.6 Å². The number of rotatable bonds is 7. The molecule has 2 amide bonds. The van der Waals surface area contributed by atoms with Crippen molar-refractivity contribution in [3.8, 4) is 5.75 Å². The number of ether oxygens (including phenoxy) is 1. The molecule has 2 aromatic rings. The van der Waals surface area contributed by atoms with E-state index < -0.39 is 23.7 Å². The normalized spacial score (nSPS) is 11.5. The van der Waals surface area contributed by atoms with Crippen molar-refractivity contribution in [1.29, 1.82) is 5.41 Å². The average Bonchev–Trinajstić information content (AvgIpc) is 2.62. The second-order valence-corrected chi connectivity index (χ2v) is 6.09. The van der Waals surface area contributed by atoms with Gasteiger partial charge >= 0.3 is 0 Å². The maximum absolute atomic E-state index is 14.0. The number of benzene rings is 2. The minimum atomic E-state index is -0.938. The Morgan fingerprint density at radius 1 is 1.30 bits per heavy atom. The highest BCUT2D eigenvalue weighted by molar-refractivity contribution is 6.31. The van der Waals surface area contributed by atoms with Gasteiger partial charge in [-0.25, -0.2) is 4.39 Å². The first-order valence-corrected chi connectivity index (χ1v) is 8.24. The summed E-state index contributed by atoms with van der Waals surface area (Å²) >= 11 is 5.68. The van der Waals surface area contributed by atoms with Crippen molar-refractivity contribution in [2.24, 2.45) is 11.5 Å². The van der Waals surface area contributed by atoms with Gasteiger partial charge in [0.1, 0.15) is 11.6 Å².